The van der Waals surface area contributed by atoms with E-state index in [0.717, 1.165) is 48.7 Å². The molecule has 3 aliphatic rings. The predicted molar refractivity (Wildman–Crippen MR) is 157 cm³/mol. The summed E-state index contributed by atoms with van der Waals surface area (Å²) < 4.78 is 33.1. The number of nitrogens with zero attached hydrogens (tertiary/aromatic N) is 5. The van der Waals surface area contributed by atoms with Gasteiger partial charge in [-0.25, -0.2) is 23.9 Å². The topological polar surface area (TPSA) is 123 Å². The smallest absolute Gasteiger partial charge is 0.410 e. The zero-order valence-corrected chi connectivity index (χ0v) is 25.3. The highest BCUT2D eigenvalue weighted by molar-refractivity contribution is 5.88. The summed E-state index contributed by atoms with van der Waals surface area (Å²) in [6.45, 7) is 11.3. The summed E-state index contributed by atoms with van der Waals surface area (Å²) in [5, 5.41) is 7.23. The fraction of sp³-hybridized carbons (Fsp3) is 0.724. The number of fused-ring (bicyclic) bond motifs is 1. The zero-order valence-electron chi connectivity index (χ0n) is 25.3. The van der Waals surface area contributed by atoms with Crippen LogP contribution in [0.25, 0.3) is 11.2 Å². The van der Waals surface area contributed by atoms with Crippen molar-refractivity contribution < 1.29 is 28.2 Å². The van der Waals surface area contributed by atoms with Gasteiger partial charge in [0.2, 0.25) is 0 Å². The van der Waals surface area contributed by atoms with Crippen LogP contribution in [0.1, 0.15) is 66.3 Å². The molecule has 12 nitrogen and oxygen atoms in total. The molecule has 232 valence electrons. The van der Waals surface area contributed by atoms with E-state index < -0.39 is 23.5 Å². The second-order valence-corrected chi connectivity index (χ2v) is 13.0. The number of aromatic nitrogens is 3. The number of rotatable bonds is 7. The van der Waals surface area contributed by atoms with Crippen LogP contribution in [0.3, 0.4) is 0 Å². The number of anilines is 2. The third-order valence-electron chi connectivity index (χ3n) is 7.83. The lowest BCUT2D eigenvalue weighted by Gasteiger charge is -2.44. The molecule has 0 radical (unpaired) electrons. The lowest BCUT2D eigenvalue weighted by molar-refractivity contribution is -0.0784. The maximum Gasteiger partial charge on any atom is 0.410 e. The SMILES string of the molecule is CC(C)n1cnc2c(NC3CCN(C(=O)OCC4(F)CN(C(=O)OC(C)(C)C)C4)CC3)cc(NC3CCOCC3)nc21. The number of amides is 2. The molecule has 5 rings (SSSR count). The van der Waals surface area contributed by atoms with E-state index in [9.17, 15) is 14.0 Å². The molecule has 13 heteroatoms. The number of ether oxygens (including phenoxy) is 3. The standard InChI is InChI=1S/C29H44FN7O5/c1-19(2)37-18-31-24-22(14-23(34-25(24)37)33-21-8-12-40-13-9-21)32-20-6-10-35(11-7-20)26(38)41-17-29(30)15-36(16-29)27(39)42-28(3,4)5/h14,18-21H,6-13,15-17H2,1-5H3,(H2,32,33,34). The summed E-state index contributed by atoms with van der Waals surface area (Å²) in [6.07, 6.45) is 4.02. The number of halogens is 1. The summed E-state index contributed by atoms with van der Waals surface area (Å²) in [7, 11) is 0. The molecule has 0 bridgehead atoms. The van der Waals surface area contributed by atoms with E-state index in [1.54, 1.807) is 25.7 Å². The molecule has 2 amide bonds. The quantitative estimate of drug-likeness (QED) is 0.478. The Kier molecular flexibility index (Phi) is 8.68. The highest BCUT2D eigenvalue weighted by Crippen LogP contribution is 2.30. The maximum absolute atomic E-state index is 15.0. The number of nitrogens with one attached hydrogen (secondary N) is 2. The Hall–Kier alpha value is -3.35. The summed E-state index contributed by atoms with van der Waals surface area (Å²) in [6, 6.07) is 2.67. The second-order valence-electron chi connectivity index (χ2n) is 13.0. The zero-order chi connectivity index (χ0) is 30.1. The third-order valence-corrected chi connectivity index (χ3v) is 7.83. The molecule has 3 aliphatic heterocycles. The Labute approximate surface area is 246 Å². The molecule has 2 N–H and O–H groups in total. The van der Waals surface area contributed by atoms with Gasteiger partial charge in [-0.15, -0.1) is 0 Å². The molecule has 0 aromatic carbocycles. The lowest BCUT2D eigenvalue weighted by atomic mass is 9.98. The minimum Gasteiger partial charge on any atom is -0.446 e. The molecular weight excluding hydrogens is 545 g/mol. The minimum absolute atomic E-state index is 0.126. The number of imidazole rings is 1. The molecule has 0 saturated carbocycles. The molecule has 0 unspecified atom stereocenters. The van der Waals surface area contributed by atoms with Gasteiger partial charge >= 0.3 is 12.2 Å². The Balaban J connectivity index is 1.14. The van der Waals surface area contributed by atoms with Gasteiger partial charge in [-0.05, 0) is 60.3 Å². The van der Waals surface area contributed by atoms with Gasteiger partial charge in [0.15, 0.2) is 11.3 Å². The van der Waals surface area contributed by atoms with Crippen LogP contribution < -0.4 is 10.6 Å². The average molecular weight is 590 g/mol. The van der Waals surface area contributed by atoms with Crippen molar-refractivity contribution in [1.82, 2.24) is 24.3 Å². The Morgan fingerprint density at radius 2 is 1.74 bits per heavy atom. The predicted octanol–water partition coefficient (Wildman–Crippen LogP) is 4.58. The number of carbonyl (C=O) groups excluding carboxylic acids is 2. The monoisotopic (exact) mass is 589 g/mol. The summed E-state index contributed by atoms with van der Waals surface area (Å²) in [5.74, 6) is 0.807. The Morgan fingerprint density at radius 1 is 1.07 bits per heavy atom. The van der Waals surface area contributed by atoms with E-state index in [1.807, 2.05) is 12.4 Å². The van der Waals surface area contributed by atoms with Crippen LogP contribution in [-0.2, 0) is 14.2 Å². The second kappa shape index (κ2) is 12.1. The van der Waals surface area contributed by atoms with Crippen LogP contribution in [0.5, 0.6) is 0 Å². The van der Waals surface area contributed by atoms with Gasteiger partial charge in [-0.2, -0.15) is 0 Å². The van der Waals surface area contributed by atoms with Gasteiger partial charge < -0.3 is 39.2 Å². The number of likely N-dealkylation sites (tertiary alicyclic amines) is 2. The largest absolute Gasteiger partial charge is 0.446 e. The van der Waals surface area contributed by atoms with Gasteiger partial charge in [0, 0.05) is 50.5 Å². The van der Waals surface area contributed by atoms with Crippen molar-refractivity contribution in [1.29, 1.82) is 0 Å². The van der Waals surface area contributed by atoms with Crippen molar-refractivity contribution in [3.05, 3.63) is 12.4 Å². The van der Waals surface area contributed by atoms with E-state index >= 15 is 0 Å². The average Bonchev–Trinajstić information content (AvgIpc) is 3.35. The van der Waals surface area contributed by atoms with E-state index in [4.69, 9.17) is 19.2 Å². The van der Waals surface area contributed by atoms with Crippen molar-refractivity contribution in [2.45, 2.75) is 89.7 Å². The molecule has 0 atom stereocenters. The van der Waals surface area contributed by atoms with Crippen LogP contribution >= 0.6 is 0 Å². The minimum atomic E-state index is -1.76. The van der Waals surface area contributed by atoms with E-state index in [-0.39, 0.29) is 31.8 Å². The first-order valence-corrected chi connectivity index (χ1v) is 15.0. The van der Waals surface area contributed by atoms with Crippen molar-refractivity contribution in [3.63, 3.8) is 0 Å². The number of alkyl halides is 1. The number of pyridine rings is 1. The van der Waals surface area contributed by atoms with Gasteiger partial charge in [0.1, 0.15) is 23.5 Å². The first-order chi connectivity index (χ1) is 19.9. The maximum atomic E-state index is 15.0. The van der Waals surface area contributed by atoms with Crippen LogP contribution in [0, 0.1) is 0 Å². The lowest BCUT2D eigenvalue weighted by Crippen LogP contribution is -2.64. The normalized spacial score (nSPS) is 20.0. The fourth-order valence-corrected chi connectivity index (χ4v) is 5.51. The third kappa shape index (κ3) is 7.16. The number of carbonyl (C=O) groups is 2. The van der Waals surface area contributed by atoms with E-state index in [0.29, 0.717) is 32.0 Å². The molecule has 0 aliphatic carbocycles. The molecule has 0 spiro atoms. The van der Waals surface area contributed by atoms with Crippen molar-refractivity contribution in [2.75, 3.05) is 56.6 Å². The van der Waals surface area contributed by atoms with Gasteiger partial charge in [-0.3, -0.25) is 0 Å². The highest BCUT2D eigenvalue weighted by Gasteiger charge is 2.48. The first kappa shape index (κ1) is 30.1. The number of hydrogen-bond acceptors (Lipinski definition) is 9. The van der Waals surface area contributed by atoms with Crippen molar-refractivity contribution in [2.24, 2.45) is 0 Å². The molecule has 3 saturated heterocycles. The molecule has 2 aromatic heterocycles. The molecule has 42 heavy (non-hydrogen) atoms. The molecule has 3 fully saturated rings. The van der Waals surface area contributed by atoms with Crippen LogP contribution in [0.2, 0.25) is 0 Å². The van der Waals surface area contributed by atoms with Crippen LogP contribution in [0.15, 0.2) is 12.4 Å². The Bertz CT molecular complexity index is 1260. The molecule has 5 heterocycles. The Morgan fingerprint density at radius 3 is 2.38 bits per heavy atom. The molecule has 2 aromatic rings. The summed E-state index contributed by atoms with van der Waals surface area (Å²) >= 11 is 0. The molecular formula is C29H44FN7O5. The summed E-state index contributed by atoms with van der Waals surface area (Å²) in [4.78, 5) is 37.2. The van der Waals surface area contributed by atoms with Gasteiger partial charge in [-0.1, -0.05) is 0 Å². The summed E-state index contributed by atoms with van der Waals surface area (Å²) in [5.41, 5.74) is 0.148. The first-order valence-electron chi connectivity index (χ1n) is 15.0. The van der Waals surface area contributed by atoms with Crippen molar-refractivity contribution in [3.8, 4) is 0 Å². The van der Waals surface area contributed by atoms with Gasteiger partial charge in [0.25, 0.3) is 0 Å². The highest BCUT2D eigenvalue weighted by atomic mass is 19.1. The number of hydrogen-bond donors (Lipinski definition) is 2. The number of piperidine rings is 1. The fourth-order valence-electron chi connectivity index (χ4n) is 5.51. The van der Waals surface area contributed by atoms with E-state index in [1.165, 1.54) is 4.90 Å². The van der Waals surface area contributed by atoms with Crippen LogP contribution in [-0.4, -0.2) is 106 Å². The van der Waals surface area contributed by atoms with Gasteiger partial charge in [0.05, 0.1) is 25.1 Å². The van der Waals surface area contributed by atoms with E-state index in [2.05, 4.69) is 34.0 Å². The van der Waals surface area contributed by atoms with Crippen molar-refractivity contribution >= 4 is 34.9 Å². The van der Waals surface area contributed by atoms with Crippen LogP contribution in [0.4, 0.5) is 25.5 Å².